The Morgan fingerprint density at radius 3 is 2.00 bits per heavy atom. The molecule has 0 unspecified atom stereocenters. The fourth-order valence-corrected chi connectivity index (χ4v) is 1.10. The highest BCUT2D eigenvalue weighted by atomic mass is 16.3. The molecule has 1 rings (SSSR count). The zero-order chi connectivity index (χ0) is 5.98. The van der Waals surface area contributed by atoms with E-state index >= 15 is 0 Å². The maximum absolute atomic E-state index is 8.97. The Morgan fingerprint density at radius 2 is 1.62 bits per heavy atom. The maximum atomic E-state index is 8.97. The van der Waals surface area contributed by atoms with E-state index in [1.807, 2.05) is 0 Å². The molecule has 0 aromatic carbocycles. The largest absolute Gasteiger partial charge is 0.393 e. The van der Waals surface area contributed by atoms with Crippen molar-refractivity contribution in [2.24, 2.45) is 0 Å². The molecular formula is C6H11BO. The van der Waals surface area contributed by atoms with Gasteiger partial charge in [0.05, 0.1) is 14.0 Å². The van der Waals surface area contributed by atoms with E-state index in [2.05, 4.69) is 0 Å². The fraction of sp³-hybridized carbons (Fsp3) is 1.00. The van der Waals surface area contributed by atoms with E-state index < -0.39 is 0 Å². The smallest absolute Gasteiger partial charge is 0.0699 e. The zero-order valence-electron chi connectivity index (χ0n) is 5.01. The van der Waals surface area contributed by atoms with Crippen molar-refractivity contribution in [3.8, 4) is 0 Å². The number of hydrogen-bond donors (Lipinski definition) is 1. The van der Waals surface area contributed by atoms with Gasteiger partial charge in [-0.15, -0.1) is 0 Å². The summed E-state index contributed by atoms with van der Waals surface area (Å²) in [6.45, 7) is 0. The minimum absolute atomic E-state index is 0.0604. The first kappa shape index (κ1) is 6.15. The number of hydrogen-bond acceptors (Lipinski definition) is 1. The molecule has 2 heteroatoms. The predicted octanol–water partition coefficient (Wildman–Crippen LogP) is 0.878. The predicted molar refractivity (Wildman–Crippen MR) is 34.0 cm³/mol. The quantitative estimate of drug-likeness (QED) is 0.459. The number of rotatable bonds is 0. The topological polar surface area (TPSA) is 20.2 Å². The maximum Gasteiger partial charge on any atom is 0.0699 e. The van der Waals surface area contributed by atoms with Gasteiger partial charge in [-0.2, -0.15) is 0 Å². The van der Waals surface area contributed by atoms with Gasteiger partial charge in [-0.3, -0.25) is 0 Å². The summed E-state index contributed by atoms with van der Waals surface area (Å²) in [6.07, 6.45) is 3.75. The third kappa shape index (κ3) is 1.51. The van der Waals surface area contributed by atoms with Crippen LogP contribution < -0.4 is 0 Å². The summed E-state index contributed by atoms with van der Waals surface area (Å²) in [5, 5.41) is 8.97. The molecule has 1 fully saturated rings. The molecule has 1 aliphatic carbocycles. The van der Waals surface area contributed by atoms with Crippen LogP contribution in [0, 0.1) is 0 Å². The lowest BCUT2D eigenvalue weighted by Crippen LogP contribution is -2.14. The first-order valence-corrected chi connectivity index (χ1v) is 3.22. The molecule has 0 aliphatic heterocycles. The van der Waals surface area contributed by atoms with E-state index in [1.54, 1.807) is 0 Å². The molecule has 0 saturated heterocycles. The van der Waals surface area contributed by atoms with Gasteiger partial charge in [0.2, 0.25) is 0 Å². The highest BCUT2D eigenvalue weighted by Crippen LogP contribution is 2.25. The van der Waals surface area contributed by atoms with Crippen molar-refractivity contribution in [3.63, 3.8) is 0 Å². The van der Waals surface area contributed by atoms with Crippen molar-refractivity contribution in [1.82, 2.24) is 0 Å². The molecule has 0 aromatic heterocycles. The van der Waals surface area contributed by atoms with Crippen LogP contribution in [0.4, 0.5) is 0 Å². The minimum Gasteiger partial charge on any atom is -0.393 e. The van der Waals surface area contributed by atoms with Gasteiger partial charge in [0, 0.05) is 0 Å². The SMILES string of the molecule is [B]C1CCC(O)CC1. The van der Waals surface area contributed by atoms with Crippen molar-refractivity contribution in [1.29, 1.82) is 0 Å². The molecule has 0 atom stereocenters. The van der Waals surface area contributed by atoms with E-state index in [1.165, 1.54) is 0 Å². The van der Waals surface area contributed by atoms with Crippen LogP contribution in [0.3, 0.4) is 0 Å². The summed E-state index contributed by atoms with van der Waals surface area (Å²) in [5.74, 6) is 0.360. The van der Waals surface area contributed by atoms with E-state index in [-0.39, 0.29) is 6.10 Å². The molecule has 0 bridgehead atoms. The second-order valence-corrected chi connectivity index (χ2v) is 2.57. The van der Waals surface area contributed by atoms with Crippen LogP contribution >= 0.6 is 0 Å². The third-order valence-electron chi connectivity index (χ3n) is 1.74. The van der Waals surface area contributed by atoms with E-state index in [9.17, 15) is 0 Å². The summed E-state index contributed by atoms with van der Waals surface area (Å²) >= 11 is 0. The lowest BCUT2D eigenvalue weighted by atomic mass is 9.75. The van der Waals surface area contributed by atoms with Gasteiger partial charge in [0.15, 0.2) is 0 Å². The third-order valence-corrected chi connectivity index (χ3v) is 1.74. The molecule has 2 radical (unpaired) electrons. The Kier molecular flexibility index (Phi) is 1.95. The van der Waals surface area contributed by atoms with E-state index in [0.29, 0.717) is 5.82 Å². The summed E-state index contributed by atoms with van der Waals surface area (Å²) in [6, 6.07) is 0. The van der Waals surface area contributed by atoms with Gasteiger partial charge in [-0.25, -0.2) is 0 Å². The van der Waals surface area contributed by atoms with Crippen molar-refractivity contribution < 1.29 is 5.11 Å². The van der Waals surface area contributed by atoms with Crippen LogP contribution in [-0.4, -0.2) is 19.1 Å². The first-order chi connectivity index (χ1) is 3.79. The van der Waals surface area contributed by atoms with Crippen LogP contribution in [-0.2, 0) is 0 Å². The molecule has 0 aromatic rings. The van der Waals surface area contributed by atoms with Gasteiger partial charge in [0.25, 0.3) is 0 Å². The normalized spacial score (nSPS) is 39.6. The molecule has 0 amide bonds. The van der Waals surface area contributed by atoms with Gasteiger partial charge < -0.3 is 5.11 Å². The number of aliphatic hydroxyl groups excluding tert-OH is 1. The molecular weight excluding hydrogens is 98.9 g/mol. The molecule has 8 heavy (non-hydrogen) atoms. The highest BCUT2D eigenvalue weighted by Gasteiger charge is 2.14. The van der Waals surface area contributed by atoms with Gasteiger partial charge in [0.1, 0.15) is 0 Å². The standard InChI is InChI=1S/C6H11BO/c7-5-1-3-6(8)4-2-5/h5-6,8H,1-4H2. The Morgan fingerprint density at radius 1 is 1.12 bits per heavy atom. The molecule has 1 aliphatic rings. The van der Waals surface area contributed by atoms with Gasteiger partial charge >= 0.3 is 0 Å². The van der Waals surface area contributed by atoms with Gasteiger partial charge in [-0.05, 0) is 12.8 Å². The van der Waals surface area contributed by atoms with Gasteiger partial charge in [-0.1, -0.05) is 18.7 Å². The summed E-state index contributed by atoms with van der Waals surface area (Å²) < 4.78 is 0. The first-order valence-electron chi connectivity index (χ1n) is 3.22. The monoisotopic (exact) mass is 110 g/mol. The van der Waals surface area contributed by atoms with Crippen molar-refractivity contribution in [2.75, 3.05) is 0 Å². The molecule has 1 N–H and O–H groups in total. The molecule has 1 nitrogen and oxygen atoms in total. The lowest BCUT2D eigenvalue weighted by molar-refractivity contribution is 0.130. The van der Waals surface area contributed by atoms with Crippen LogP contribution in [0.2, 0.25) is 5.82 Å². The Labute approximate surface area is 51.5 Å². The van der Waals surface area contributed by atoms with E-state index in [4.69, 9.17) is 13.0 Å². The van der Waals surface area contributed by atoms with Crippen molar-refractivity contribution in [2.45, 2.75) is 37.6 Å². The second-order valence-electron chi connectivity index (χ2n) is 2.57. The minimum atomic E-state index is -0.0604. The average Bonchev–Trinajstić information content (AvgIpc) is 1.77. The Balaban J connectivity index is 2.19. The van der Waals surface area contributed by atoms with Crippen LogP contribution in [0.25, 0.3) is 0 Å². The fourth-order valence-electron chi connectivity index (χ4n) is 1.10. The lowest BCUT2D eigenvalue weighted by Gasteiger charge is -2.21. The molecule has 0 heterocycles. The summed E-state index contributed by atoms with van der Waals surface area (Å²) in [7, 11) is 5.59. The number of aliphatic hydroxyl groups is 1. The molecule has 44 valence electrons. The van der Waals surface area contributed by atoms with Crippen molar-refractivity contribution in [3.05, 3.63) is 0 Å². The molecule has 1 saturated carbocycles. The van der Waals surface area contributed by atoms with Crippen LogP contribution in [0.15, 0.2) is 0 Å². The second kappa shape index (κ2) is 2.54. The summed E-state index contributed by atoms with van der Waals surface area (Å²) in [5.41, 5.74) is 0. The van der Waals surface area contributed by atoms with Crippen LogP contribution in [0.5, 0.6) is 0 Å². The highest BCUT2D eigenvalue weighted by molar-refractivity contribution is 6.11. The zero-order valence-corrected chi connectivity index (χ0v) is 5.01. The Bertz CT molecular complexity index is 56.9. The summed E-state index contributed by atoms with van der Waals surface area (Å²) in [4.78, 5) is 0. The van der Waals surface area contributed by atoms with Crippen LogP contribution in [0.1, 0.15) is 25.7 Å². The Hall–Kier alpha value is 0.0249. The van der Waals surface area contributed by atoms with Crippen molar-refractivity contribution >= 4 is 7.85 Å². The molecule has 0 spiro atoms. The average molecular weight is 110 g/mol. The van der Waals surface area contributed by atoms with E-state index in [0.717, 1.165) is 25.7 Å².